The van der Waals surface area contributed by atoms with Crippen LogP contribution in [-0.2, 0) is 0 Å². The summed E-state index contributed by atoms with van der Waals surface area (Å²) in [7, 11) is 0. The Morgan fingerprint density at radius 2 is 1.41 bits per heavy atom. The average molecular weight is 418 g/mol. The van der Waals surface area contributed by atoms with Gasteiger partial charge in [-0.3, -0.25) is 0 Å². The number of fused-ring (bicyclic) bond motifs is 1. The number of nitrogens with zero attached hydrogens (tertiary/aromatic N) is 1. The monoisotopic (exact) mass is 419 g/mol. The van der Waals surface area contributed by atoms with Gasteiger partial charge in [-0.2, -0.15) is 0 Å². The van der Waals surface area contributed by atoms with Gasteiger partial charge in [-0.05, 0) is 0 Å². The van der Waals surface area contributed by atoms with E-state index in [2.05, 4.69) is 88.4 Å². The van der Waals surface area contributed by atoms with Crippen LogP contribution >= 0.6 is 0 Å². The number of aromatic nitrogens is 1. The third-order valence-corrected chi connectivity index (χ3v) is 7.39. The Morgan fingerprint density at radius 1 is 0.741 bits per heavy atom. The van der Waals surface area contributed by atoms with Crippen molar-refractivity contribution in [2.24, 2.45) is 0 Å². The Kier molecular flexibility index (Phi) is 5.04. The second-order valence-electron chi connectivity index (χ2n) is 7.68. The first kappa shape index (κ1) is 18.2. The molecule has 0 unspecified atom stereocenters. The molecule has 1 nitrogen and oxygen atoms in total. The SMILES string of the molecule is CC(C)c1cccc(C(C)C)c1-c1cc2nc(-c3ccccc3)ccc2[se]1. The zero-order valence-electron chi connectivity index (χ0n) is 16.4. The van der Waals surface area contributed by atoms with Gasteiger partial charge >= 0.3 is 168 Å². The molecule has 2 aromatic carbocycles. The second-order valence-corrected chi connectivity index (χ2v) is 9.95. The first-order valence-electron chi connectivity index (χ1n) is 9.63. The zero-order valence-corrected chi connectivity index (χ0v) is 18.1. The zero-order chi connectivity index (χ0) is 19.0. The molecular weight excluding hydrogens is 393 g/mol. The molecule has 0 fully saturated rings. The summed E-state index contributed by atoms with van der Waals surface area (Å²) in [5.41, 5.74) is 7.79. The Hall–Kier alpha value is -2.15. The van der Waals surface area contributed by atoms with Gasteiger partial charge in [-0.1, -0.05) is 0 Å². The molecule has 0 radical (unpaired) electrons. The van der Waals surface area contributed by atoms with E-state index in [-0.39, 0.29) is 0 Å². The first-order valence-corrected chi connectivity index (χ1v) is 11.3. The molecule has 0 atom stereocenters. The van der Waals surface area contributed by atoms with E-state index >= 15 is 0 Å². The van der Waals surface area contributed by atoms with E-state index in [1.54, 1.807) is 0 Å². The van der Waals surface area contributed by atoms with Crippen molar-refractivity contribution in [2.75, 3.05) is 0 Å². The van der Waals surface area contributed by atoms with Crippen molar-refractivity contribution < 1.29 is 0 Å². The predicted molar refractivity (Wildman–Crippen MR) is 118 cm³/mol. The van der Waals surface area contributed by atoms with Crippen molar-refractivity contribution in [1.29, 1.82) is 0 Å². The van der Waals surface area contributed by atoms with Gasteiger partial charge in [0, 0.05) is 0 Å². The summed E-state index contributed by atoms with van der Waals surface area (Å²) in [4.78, 5) is 4.99. The molecule has 0 spiro atoms. The van der Waals surface area contributed by atoms with Crippen LogP contribution in [0.5, 0.6) is 0 Å². The van der Waals surface area contributed by atoms with Gasteiger partial charge in [0.15, 0.2) is 0 Å². The summed E-state index contributed by atoms with van der Waals surface area (Å²) in [5.74, 6) is 1.04. The van der Waals surface area contributed by atoms with Gasteiger partial charge in [0.25, 0.3) is 0 Å². The van der Waals surface area contributed by atoms with Gasteiger partial charge in [-0.25, -0.2) is 0 Å². The molecule has 0 amide bonds. The Labute approximate surface area is 167 Å². The van der Waals surface area contributed by atoms with Crippen molar-refractivity contribution >= 4 is 24.3 Å². The topological polar surface area (TPSA) is 12.9 Å². The van der Waals surface area contributed by atoms with E-state index in [1.807, 2.05) is 6.07 Å². The van der Waals surface area contributed by atoms with Crippen LogP contribution in [0.1, 0.15) is 50.7 Å². The standard InChI is InChI=1S/C25H25NSe/c1-16(2)19-11-8-12-20(17(3)4)25(19)24-15-22-23(27-24)14-13-21(26-22)18-9-6-5-7-10-18/h5-17H,1-4H3. The van der Waals surface area contributed by atoms with Gasteiger partial charge in [0.2, 0.25) is 0 Å². The number of pyridine rings is 1. The summed E-state index contributed by atoms with van der Waals surface area (Å²) in [5, 5.41) is 0. The fraction of sp³-hybridized carbons (Fsp3) is 0.240. The fourth-order valence-electron chi connectivity index (χ4n) is 3.65. The normalized spacial score (nSPS) is 11.6. The minimum atomic E-state index is 0.312. The number of rotatable bonds is 4. The average Bonchev–Trinajstić information content (AvgIpc) is 3.11. The van der Waals surface area contributed by atoms with Gasteiger partial charge in [0.05, 0.1) is 0 Å². The van der Waals surface area contributed by atoms with Crippen molar-refractivity contribution in [3.8, 4) is 21.3 Å². The second kappa shape index (κ2) is 7.46. The van der Waals surface area contributed by atoms with Crippen LogP contribution in [0.3, 0.4) is 0 Å². The van der Waals surface area contributed by atoms with Crippen LogP contribution < -0.4 is 0 Å². The van der Waals surface area contributed by atoms with E-state index < -0.39 is 0 Å². The van der Waals surface area contributed by atoms with Crippen LogP contribution in [0.2, 0.25) is 0 Å². The van der Waals surface area contributed by atoms with E-state index in [9.17, 15) is 0 Å². The molecule has 0 N–H and O–H groups in total. The fourth-order valence-corrected chi connectivity index (χ4v) is 5.94. The summed E-state index contributed by atoms with van der Waals surface area (Å²) in [6, 6.07) is 24.1. The quantitative estimate of drug-likeness (QED) is 0.330. The molecule has 0 aliphatic carbocycles. The molecule has 4 rings (SSSR count). The van der Waals surface area contributed by atoms with Crippen LogP contribution in [0, 0.1) is 0 Å². The molecule has 27 heavy (non-hydrogen) atoms. The van der Waals surface area contributed by atoms with Crippen LogP contribution in [0.25, 0.3) is 31.0 Å². The summed E-state index contributed by atoms with van der Waals surface area (Å²) < 4.78 is 2.87. The summed E-state index contributed by atoms with van der Waals surface area (Å²) in [6.07, 6.45) is 0. The van der Waals surface area contributed by atoms with E-state index in [0.717, 1.165) is 11.2 Å². The predicted octanol–water partition coefficient (Wildman–Crippen LogP) is 6.87. The number of benzene rings is 2. The molecule has 0 aliphatic rings. The third-order valence-electron chi connectivity index (χ3n) is 5.06. The minimum absolute atomic E-state index is 0.312. The summed E-state index contributed by atoms with van der Waals surface area (Å²) >= 11 is 0.312. The molecule has 2 heterocycles. The van der Waals surface area contributed by atoms with Crippen molar-refractivity contribution in [3.05, 3.63) is 77.9 Å². The maximum atomic E-state index is 4.99. The molecule has 2 aromatic heterocycles. The molecule has 2 heteroatoms. The first-order chi connectivity index (χ1) is 13.0. The van der Waals surface area contributed by atoms with E-state index in [0.29, 0.717) is 26.3 Å². The number of hydrogen-bond acceptors (Lipinski definition) is 1. The van der Waals surface area contributed by atoms with E-state index in [1.165, 1.54) is 31.0 Å². The van der Waals surface area contributed by atoms with Gasteiger partial charge in [0.1, 0.15) is 0 Å². The molecule has 0 saturated heterocycles. The van der Waals surface area contributed by atoms with Crippen LogP contribution in [0.4, 0.5) is 0 Å². The Morgan fingerprint density at radius 3 is 2.04 bits per heavy atom. The Bertz CT molecular complexity index is 1050. The molecule has 136 valence electrons. The van der Waals surface area contributed by atoms with Crippen LogP contribution in [-0.4, -0.2) is 19.5 Å². The van der Waals surface area contributed by atoms with Crippen molar-refractivity contribution in [2.45, 2.75) is 39.5 Å². The molecule has 4 aromatic rings. The van der Waals surface area contributed by atoms with E-state index in [4.69, 9.17) is 4.98 Å². The Balaban J connectivity index is 1.88. The van der Waals surface area contributed by atoms with Crippen molar-refractivity contribution in [1.82, 2.24) is 4.98 Å². The summed E-state index contributed by atoms with van der Waals surface area (Å²) in [6.45, 7) is 9.18. The van der Waals surface area contributed by atoms with Gasteiger partial charge in [-0.15, -0.1) is 0 Å². The molecule has 0 bridgehead atoms. The third kappa shape index (κ3) is 3.52. The number of hydrogen-bond donors (Lipinski definition) is 0. The van der Waals surface area contributed by atoms with Gasteiger partial charge < -0.3 is 0 Å². The molecule has 0 aliphatic heterocycles. The maximum absolute atomic E-state index is 4.99. The molecular formula is C25H25NSe. The van der Waals surface area contributed by atoms with Crippen LogP contribution in [0.15, 0.2) is 66.7 Å². The molecule has 0 saturated carbocycles. The van der Waals surface area contributed by atoms with Crippen molar-refractivity contribution in [3.63, 3.8) is 0 Å².